The zero-order chi connectivity index (χ0) is 15.2. The fourth-order valence-electron chi connectivity index (χ4n) is 2.16. The molecule has 1 aromatic carbocycles. The summed E-state index contributed by atoms with van der Waals surface area (Å²) in [5, 5.41) is 9.86. The third-order valence-electron chi connectivity index (χ3n) is 3.51. The number of hydrogen-bond acceptors (Lipinski definition) is 2. The smallest absolute Gasteiger partial charge is 0.0716 e. The molecule has 0 radical (unpaired) electrons. The van der Waals surface area contributed by atoms with Crippen molar-refractivity contribution in [2.24, 2.45) is 0 Å². The van der Waals surface area contributed by atoms with Gasteiger partial charge < -0.3 is 9.84 Å². The molecule has 2 nitrogen and oxygen atoms in total. The lowest BCUT2D eigenvalue weighted by molar-refractivity contribution is 0.0746. The van der Waals surface area contributed by atoms with Crippen molar-refractivity contribution in [1.29, 1.82) is 0 Å². The van der Waals surface area contributed by atoms with Gasteiger partial charge in [-0.1, -0.05) is 68.7 Å². The lowest BCUT2D eigenvalue weighted by atomic mass is 10.1. The maximum absolute atomic E-state index is 9.86. The Hall–Kier alpha value is -1.12. The van der Waals surface area contributed by atoms with Crippen LogP contribution in [0.3, 0.4) is 0 Å². The van der Waals surface area contributed by atoms with Gasteiger partial charge in [0.15, 0.2) is 0 Å². The number of aliphatic hydroxyl groups excluding tert-OH is 1. The van der Waals surface area contributed by atoms with Gasteiger partial charge in [0.05, 0.1) is 12.7 Å². The van der Waals surface area contributed by atoms with Gasteiger partial charge in [-0.15, -0.1) is 0 Å². The van der Waals surface area contributed by atoms with Crippen molar-refractivity contribution < 1.29 is 9.84 Å². The highest BCUT2D eigenvalue weighted by molar-refractivity contribution is 5.13. The second-order valence-electron chi connectivity index (χ2n) is 5.54. The summed E-state index contributed by atoms with van der Waals surface area (Å²) in [7, 11) is 0. The Morgan fingerprint density at radius 3 is 2.67 bits per heavy atom. The summed E-state index contributed by atoms with van der Waals surface area (Å²) in [6, 6.07) is 10.1. The molecule has 2 heteroatoms. The molecule has 0 aliphatic rings. The molecule has 0 spiro atoms. The average Bonchev–Trinajstić information content (AvgIpc) is 2.52. The Bertz CT molecular complexity index is 359. The number of benzene rings is 1. The highest BCUT2D eigenvalue weighted by Crippen LogP contribution is 2.06. The van der Waals surface area contributed by atoms with Crippen molar-refractivity contribution in [2.45, 2.75) is 64.6 Å². The molecule has 0 amide bonds. The summed E-state index contributed by atoms with van der Waals surface area (Å²) >= 11 is 0. The van der Waals surface area contributed by atoms with Crippen LogP contribution in [0.5, 0.6) is 0 Å². The quantitative estimate of drug-likeness (QED) is 0.439. The molecule has 1 rings (SSSR count). The number of unbranched alkanes of at least 4 members (excludes halogenated alkanes) is 4. The van der Waals surface area contributed by atoms with Crippen LogP contribution in [0, 0.1) is 0 Å². The molecule has 1 unspecified atom stereocenters. The minimum absolute atomic E-state index is 0.285. The SMILES string of the molecule is CCCCCC/C=C/CC(O)CCOCc1ccccc1. The van der Waals surface area contributed by atoms with Crippen molar-refractivity contribution in [3.8, 4) is 0 Å². The minimum Gasteiger partial charge on any atom is -0.393 e. The molecular weight excluding hydrogens is 260 g/mol. The van der Waals surface area contributed by atoms with E-state index < -0.39 is 0 Å². The fourth-order valence-corrected chi connectivity index (χ4v) is 2.16. The normalized spacial score (nSPS) is 12.9. The van der Waals surface area contributed by atoms with Crippen LogP contribution in [0.4, 0.5) is 0 Å². The topological polar surface area (TPSA) is 29.5 Å². The first-order valence-electron chi connectivity index (χ1n) is 8.27. The Balaban J connectivity index is 1.96. The molecule has 21 heavy (non-hydrogen) atoms. The summed E-state index contributed by atoms with van der Waals surface area (Å²) in [5.41, 5.74) is 1.18. The van der Waals surface area contributed by atoms with Crippen LogP contribution in [-0.2, 0) is 11.3 Å². The van der Waals surface area contributed by atoms with E-state index >= 15 is 0 Å². The van der Waals surface area contributed by atoms with Gasteiger partial charge in [0.2, 0.25) is 0 Å². The number of aliphatic hydroxyl groups is 1. The van der Waals surface area contributed by atoms with Gasteiger partial charge in [-0.05, 0) is 31.2 Å². The summed E-state index contributed by atoms with van der Waals surface area (Å²) in [6.07, 6.45) is 11.8. The predicted octanol–water partition coefficient (Wildman–Crippen LogP) is 4.87. The highest BCUT2D eigenvalue weighted by atomic mass is 16.5. The van der Waals surface area contributed by atoms with Crippen LogP contribution in [0.15, 0.2) is 42.5 Å². The summed E-state index contributed by atoms with van der Waals surface area (Å²) < 4.78 is 5.58. The van der Waals surface area contributed by atoms with Gasteiger partial charge in [0.25, 0.3) is 0 Å². The summed E-state index contributed by atoms with van der Waals surface area (Å²) in [4.78, 5) is 0. The van der Waals surface area contributed by atoms with Crippen LogP contribution in [0.2, 0.25) is 0 Å². The second kappa shape index (κ2) is 12.6. The van der Waals surface area contributed by atoms with Crippen LogP contribution < -0.4 is 0 Å². The van der Waals surface area contributed by atoms with Gasteiger partial charge in [0, 0.05) is 6.61 Å². The largest absolute Gasteiger partial charge is 0.393 e. The number of ether oxygens (including phenoxy) is 1. The standard InChI is InChI=1S/C19H30O2/c1-2-3-4-5-6-7-11-14-19(20)15-16-21-17-18-12-9-8-10-13-18/h7-13,19-20H,2-6,14-17H2,1H3/b11-7+. The van der Waals surface area contributed by atoms with E-state index in [9.17, 15) is 5.11 Å². The molecule has 0 aromatic heterocycles. The number of rotatable bonds is 12. The van der Waals surface area contributed by atoms with E-state index in [4.69, 9.17) is 4.74 Å². The lowest BCUT2D eigenvalue weighted by Crippen LogP contribution is -2.09. The Morgan fingerprint density at radius 1 is 1.10 bits per heavy atom. The molecule has 0 aliphatic carbocycles. The maximum atomic E-state index is 9.86. The average molecular weight is 290 g/mol. The fraction of sp³-hybridized carbons (Fsp3) is 0.579. The van der Waals surface area contributed by atoms with Gasteiger partial charge in [-0.25, -0.2) is 0 Å². The predicted molar refractivity (Wildman–Crippen MR) is 89.2 cm³/mol. The Labute approximate surface area is 129 Å². The van der Waals surface area contributed by atoms with Crippen LogP contribution in [-0.4, -0.2) is 17.8 Å². The summed E-state index contributed by atoms with van der Waals surface area (Å²) in [5.74, 6) is 0. The van der Waals surface area contributed by atoms with Crippen LogP contribution in [0.1, 0.15) is 57.4 Å². The van der Waals surface area contributed by atoms with Gasteiger partial charge in [0.1, 0.15) is 0 Å². The van der Waals surface area contributed by atoms with Gasteiger partial charge in [-0.2, -0.15) is 0 Å². The van der Waals surface area contributed by atoms with Crippen LogP contribution >= 0.6 is 0 Å². The highest BCUT2D eigenvalue weighted by Gasteiger charge is 2.01. The second-order valence-corrected chi connectivity index (χ2v) is 5.54. The Kier molecular flexibility index (Phi) is 10.8. The molecule has 1 atom stereocenters. The molecule has 0 saturated carbocycles. The van der Waals surface area contributed by atoms with Gasteiger partial charge >= 0.3 is 0 Å². The third kappa shape index (κ3) is 10.3. The molecule has 118 valence electrons. The molecule has 0 heterocycles. The monoisotopic (exact) mass is 290 g/mol. The molecule has 0 fully saturated rings. The zero-order valence-corrected chi connectivity index (χ0v) is 13.3. The van der Waals surface area contributed by atoms with E-state index in [-0.39, 0.29) is 6.10 Å². The number of hydrogen-bond donors (Lipinski definition) is 1. The van der Waals surface area contributed by atoms with Crippen molar-refractivity contribution in [1.82, 2.24) is 0 Å². The van der Waals surface area contributed by atoms with E-state index in [1.807, 2.05) is 18.2 Å². The van der Waals surface area contributed by atoms with E-state index in [0.717, 1.165) is 12.8 Å². The van der Waals surface area contributed by atoms with E-state index in [1.165, 1.54) is 31.2 Å². The van der Waals surface area contributed by atoms with Crippen molar-refractivity contribution in [2.75, 3.05) is 6.61 Å². The third-order valence-corrected chi connectivity index (χ3v) is 3.51. The first kappa shape index (κ1) is 17.9. The van der Waals surface area contributed by atoms with E-state index in [0.29, 0.717) is 19.6 Å². The first-order valence-corrected chi connectivity index (χ1v) is 8.27. The molecule has 0 saturated heterocycles. The molecule has 0 aliphatic heterocycles. The molecule has 1 N–H and O–H groups in total. The zero-order valence-electron chi connectivity index (χ0n) is 13.3. The molecule has 0 bridgehead atoms. The minimum atomic E-state index is -0.285. The maximum Gasteiger partial charge on any atom is 0.0716 e. The summed E-state index contributed by atoms with van der Waals surface area (Å²) in [6.45, 7) is 3.47. The number of allylic oxidation sites excluding steroid dienone is 1. The van der Waals surface area contributed by atoms with E-state index in [2.05, 4.69) is 31.2 Å². The molecule has 1 aromatic rings. The van der Waals surface area contributed by atoms with Crippen LogP contribution in [0.25, 0.3) is 0 Å². The Morgan fingerprint density at radius 2 is 1.90 bits per heavy atom. The van der Waals surface area contributed by atoms with Crippen molar-refractivity contribution in [3.63, 3.8) is 0 Å². The van der Waals surface area contributed by atoms with E-state index in [1.54, 1.807) is 0 Å². The molecular formula is C19H30O2. The van der Waals surface area contributed by atoms with Crippen molar-refractivity contribution >= 4 is 0 Å². The lowest BCUT2D eigenvalue weighted by Gasteiger charge is -2.08. The van der Waals surface area contributed by atoms with Crippen molar-refractivity contribution in [3.05, 3.63) is 48.0 Å². The van der Waals surface area contributed by atoms with Gasteiger partial charge in [-0.3, -0.25) is 0 Å². The first-order chi connectivity index (χ1) is 10.3.